The van der Waals surface area contributed by atoms with Crippen molar-refractivity contribution in [1.29, 1.82) is 0 Å². The van der Waals surface area contributed by atoms with Crippen molar-refractivity contribution in [1.82, 2.24) is 20.5 Å². The van der Waals surface area contributed by atoms with Gasteiger partial charge in [0.05, 0.1) is 14.2 Å². The summed E-state index contributed by atoms with van der Waals surface area (Å²) in [7, 11) is 4.88. The van der Waals surface area contributed by atoms with Gasteiger partial charge in [-0.05, 0) is 42.2 Å². The topological polar surface area (TPSA) is 130 Å². The summed E-state index contributed by atoms with van der Waals surface area (Å²) in [4.78, 5) is 53.5. The molecule has 1 unspecified atom stereocenters. The minimum atomic E-state index is -0.925. The Bertz CT molecular complexity index is 1300. The van der Waals surface area contributed by atoms with Gasteiger partial charge in [0.1, 0.15) is 11.6 Å². The summed E-state index contributed by atoms with van der Waals surface area (Å²) in [5.74, 6) is 6.63. The number of methoxy groups -OCH3 is 2. The number of aromatic nitrogens is 1. The number of nitrogens with zero attached hydrogens (tertiary/aromatic N) is 3. The fourth-order valence-electron chi connectivity index (χ4n) is 3.94. The molecule has 4 heterocycles. The van der Waals surface area contributed by atoms with Gasteiger partial charge in [0.2, 0.25) is 5.91 Å². The third-order valence-corrected chi connectivity index (χ3v) is 5.82. The van der Waals surface area contributed by atoms with Crippen LogP contribution in [0.15, 0.2) is 30.3 Å². The number of amides is 5. The molecule has 1 aromatic heterocycles. The highest BCUT2D eigenvalue weighted by Crippen LogP contribution is 2.26. The summed E-state index contributed by atoms with van der Waals surface area (Å²) in [5.41, 5.74) is 2.15. The second kappa shape index (κ2) is 10.4. The van der Waals surface area contributed by atoms with E-state index in [1.165, 1.54) is 7.11 Å². The molecule has 11 heteroatoms. The van der Waals surface area contributed by atoms with Crippen LogP contribution in [0.1, 0.15) is 34.5 Å². The molecule has 3 aliphatic heterocycles. The quantitative estimate of drug-likeness (QED) is 0.485. The maximum atomic E-state index is 11.8. The van der Waals surface area contributed by atoms with Crippen LogP contribution < -0.4 is 25.0 Å². The van der Waals surface area contributed by atoms with Crippen molar-refractivity contribution >= 4 is 29.6 Å². The SMILES string of the molecule is COc1ccc(N2CCCC2=O)nc1C#CC1NC(=O)NC1=O.COc1ccc2c(c1)C(=O)N(C)C2. The molecule has 5 amide bonds. The molecule has 2 saturated heterocycles. The Morgan fingerprint density at radius 1 is 1.08 bits per heavy atom. The molecule has 3 aliphatic rings. The van der Waals surface area contributed by atoms with Crippen LogP contribution in [-0.2, 0) is 16.1 Å². The first kappa shape index (κ1) is 24.5. The molecule has 0 aliphatic carbocycles. The Morgan fingerprint density at radius 2 is 1.89 bits per heavy atom. The summed E-state index contributed by atoms with van der Waals surface area (Å²) < 4.78 is 10.2. The zero-order valence-electron chi connectivity index (χ0n) is 20.1. The van der Waals surface area contributed by atoms with Gasteiger partial charge in [-0.15, -0.1) is 0 Å². The summed E-state index contributed by atoms with van der Waals surface area (Å²) in [6, 6.07) is 7.47. The fraction of sp³-hybridized carbons (Fsp3) is 0.320. The zero-order chi connectivity index (χ0) is 25.8. The number of imide groups is 1. The van der Waals surface area contributed by atoms with Gasteiger partial charge in [-0.3, -0.25) is 24.6 Å². The molecule has 5 rings (SSSR count). The standard InChI is InChI=1S/C15H14N4O4.C10H11NO2/c1-23-11-6-7-12(19-8-2-3-13(19)20)16-9(11)4-5-10-14(21)18-15(22)17-10;1-11-6-7-3-4-8(13-2)5-9(7)10(11)12/h6-7,10H,2-3,8H2,1H3,(H2,17,18,21,22);3-5H,6H2,1-2H3. The third kappa shape index (κ3) is 5.07. The number of carbonyl (C=O) groups excluding carboxylic acids is 4. The molecule has 186 valence electrons. The molecule has 0 bridgehead atoms. The Labute approximate surface area is 207 Å². The lowest BCUT2D eigenvalue weighted by Gasteiger charge is -2.15. The lowest BCUT2D eigenvalue weighted by molar-refractivity contribution is -0.119. The normalized spacial score (nSPS) is 18.0. The first-order valence-electron chi connectivity index (χ1n) is 11.2. The zero-order valence-corrected chi connectivity index (χ0v) is 20.1. The number of hydrogen-bond acceptors (Lipinski definition) is 7. The fourth-order valence-corrected chi connectivity index (χ4v) is 3.94. The van der Waals surface area contributed by atoms with Crippen molar-refractivity contribution < 1.29 is 28.7 Å². The molecular weight excluding hydrogens is 466 g/mol. The molecule has 0 saturated carbocycles. The second-order valence-corrected chi connectivity index (χ2v) is 8.22. The minimum Gasteiger partial charge on any atom is -0.497 e. The number of rotatable bonds is 3. The predicted octanol–water partition coefficient (Wildman–Crippen LogP) is 1.06. The lowest BCUT2D eigenvalue weighted by atomic mass is 10.1. The van der Waals surface area contributed by atoms with Crippen molar-refractivity contribution in [3.8, 4) is 23.3 Å². The van der Waals surface area contributed by atoms with Crippen molar-refractivity contribution in [2.75, 3.05) is 32.7 Å². The van der Waals surface area contributed by atoms with Crippen LogP contribution in [0.2, 0.25) is 0 Å². The van der Waals surface area contributed by atoms with Gasteiger partial charge >= 0.3 is 6.03 Å². The number of carbonyl (C=O) groups is 4. The number of urea groups is 1. The van der Waals surface area contributed by atoms with E-state index in [9.17, 15) is 19.2 Å². The van der Waals surface area contributed by atoms with E-state index in [2.05, 4.69) is 27.5 Å². The van der Waals surface area contributed by atoms with Crippen LogP contribution in [-0.4, -0.2) is 67.5 Å². The molecule has 2 fully saturated rings. The Morgan fingerprint density at radius 3 is 2.53 bits per heavy atom. The van der Waals surface area contributed by atoms with Gasteiger partial charge in [0.15, 0.2) is 17.5 Å². The number of anilines is 1. The number of nitrogens with one attached hydrogen (secondary N) is 2. The van der Waals surface area contributed by atoms with Crippen LogP contribution in [0.25, 0.3) is 0 Å². The van der Waals surface area contributed by atoms with Gasteiger partial charge < -0.3 is 19.7 Å². The first-order valence-corrected chi connectivity index (χ1v) is 11.2. The van der Waals surface area contributed by atoms with E-state index >= 15 is 0 Å². The smallest absolute Gasteiger partial charge is 0.322 e. The number of fused-ring (bicyclic) bond motifs is 1. The molecule has 2 aromatic rings. The van der Waals surface area contributed by atoms with E-state index in [-0.39, 0.29) is 11.8 Å². The van der Waals surface area contributed by atoms with E-state index in [1.807, 2.05) is 12.1 Å². The first-order chi connectivity index (χ1) is 17.3. The lowest BCUT2D eigenvalue weighted by Crippen LogP contribution is -2.27. The van der Waals surface area contributed by atoms with Crippen molar-refractivity contribution in [2.45, 2.75) is 25.4 Å². The summed E-state index contributed by atoms with van der Waals surface area (Å²) in [6.07, 6.45) is 1.30. The molecule has 1 atom stereocenters. The van der Waals surface area contributed by atoms with Crippen LogP contribution in [0.4, 0.5) is 10.6 Å². The van der Waals surface area contributed by atoms with Gasteiger partial charge in [-0.2, -0.15) is 0 Å². The number of benzene rings is 1. The highest BCUT2D eigenvalue weighted by atomic mass is 16.5. The highest BCUT2D eigenvalue weighted by Gasteiger charge is 2.28. The van der Waals surface area contributed by atoms with Crippen LogP contribution in [0, 0.1) is 11.8 Å². The van der Waals surface area contributed by atoms with Crippen molar-refractivity contribution in [2.24, 2.45) is 0 Å². The number of hydrogen-bond donors (Lipinski definition) is 2. The second-order valence-electron chi connectivity index (χ2n) is 8.22. The minimum absolute atomic E-state index is 0.0176. The summed E-state index contributed by atoms with van der Waals surface area (Å²) >= 11 is 0. The van der Waals surface area contributed by atoms with E-state index in [0.29, 0.717) is 36.8 Å². The molecule has 0 spiro atoms. The molecule has 1 aromatic carbocycles. The van der Waals surface area contributed by atoms with Crippen LogP contribution in [0.3, 0.4) is 0 Å². The Hall–Kier alpha value is -4.59. The molecule has 0 radical (unpaired) electrons. The van der Waals surface area contributed by atoms with E-state index in [4.69, 9.17) is 9.47 Å². The Kier molecular flexibility index (Phi) is 7.05. The monoisotopic (exact) mass is 491 g/mol. The maximum absolute atomic E-state index is 11.8. The predicted molar refractivity (Wildman–Crippen MR) is 129 cm³/mol. The van der Waals surface area contributed by atoms with Crippen LogP contribution >= 0.6 is 0 Å². The molecule has 36 heavy (non-hydrogen) atoms. The Balaban J connectivity index is 0.000000197. The average Bonchev–Trinajstić information content (AvgIpc) is 3.54. The van der Waals surface area contributed by atoms with Gasteiger partial charge in [-0.25, -0.2) is 9.78 Å². The van der Waals surface area contributed by atoms with Crippen molar-refractivity contribution in [3.63, 3.8) is 0 Å². The third-order valence-electron chi connectivity index (χ3n) is 5.82. The summed E-state index contributed by atoms with van der Waals surface area (Å²) in [6.45, 7) is 1.32. The van der Waals surface area contributed by atoms with Crippen molar-refractivity contribution in [3.05, 3.63) is 47.2 Å². The maximum Gasteiger partial charge on any atom is 0.322 e. The average molecular weight is 492 g/mol. The molecule has 2 N–H and O–H groups in total. The largest absolute Gasteiger partial charge is 0.497 e. The molecule has 11 nitrogen and oxygen atoms in total. The van der Waals surface area contributed by atoms with Gasteiger partial charge in [0, 0.05) is 32.1 Å². The van der Waals surface area contributed by atoms with E-state index in [1.54, 1.807) is 42.2 Å². The van der Waals surface area contributed by atoms with Gasteiger partial charge in [0.25, 0.3) is 11.8 Å². The van der Waals surface area contributed by atoms with Crippen LogP contribution in [0.5, 0.6) is 11.5 Å². The highest BCUT2D eigenvalue weighted by molar-refractivity contribution is 6.06. The summed E-state index contributed by atoms with van der Waals surface area (Å²) in [5, 5.41) is 4.48. The number of pyridine rings is 1. The van der Waals surface area contributed by atoms with Gasteiger partial charge in [-0.1, -0.05) is 12.0 Å². The number of ether oxygens (including phenoxy) is 2. The van der Waals surface area contributed by atoms with E-state index in [0.717, 1.165) is 23.3 Å². The van der Waals surface area contributed by atoms with E-state index < -0.39 is 18.0 Å². The molecular formula is C25H25N5O6.